The number of hydrogen-bond acceptors (Lipinski definition) is 3. The Balaban J connectivity index is 1.43. The highest BCUT2D eigenvalue weighted by Gasteiger charge is 2.17. The topological polar surface area (TPSA) is 24.3 Å². The highest BCUT2D eigenvalue weighted by molar-refractivity contribution is 6.30. The summed E-state index contributed by atoms with van der Waals surface area (Å²) in [7, 11) is 0. The van der Waals surface area contributed by atoms with Crippen LogP contribution in [0.25, 0.3) is 0 Å². The number of aromatic nitrogens is 2. The molecule has 5 heteroatoms. The molecule has 1 aromatic heterocycles. The van der Waals surface area contributed by atoms with Crippen LogP contribution >= 0.6 is 11.6 Å². The zero-order valence-corrected chi connectivity index (χ0v) is 15.4. The summed E-state index contributed by atoms with van der Waals surface area (Å²) in [6.07, 6.45) is 4.02. The van der Waals surface area contributed by atoms with Crippen LogP contribution in [0.15, 0.2) is 36.7 Å². The van der Waals surface area contributed by atoms with Crippen molar-refractivity contribution in [1.29, 1.82) is 0 Å². The first kappa shape index (κ1) is 17.5. The standard InChI is InChI=1S/C19H27ClN4/c1-16(2)19-21-7-8-24(19)14-13-22-9-11-23(12-10-22)15-17-3-5-18(20)6-4-17/h3-8,16H,9-15H2,1-2H3. The molecule has 0 saturated carbocycles. The average molecular weight is 347 g/mol. The van der Waals surface area contributed by atoms with Gasteiger partial charge in [0.25, 0.3) is 0 Å². The lowest BCUT2D eigenvalue weighted by Gasteiger charge is -2.34. The fourth-order valence-corrected chi connectivity index (χ4v) is 3.40. The molecule has 1 saturated heterocycles. The molecule has 2 aromatic rings. The zero-order chi connectivity index (χ0) is 16.9. The largest absolute Gasteiger partial charge is 0.333 e. The molecule has 0 aliphatic carbocycles. The number of piperazine rings is 1. The number of benzene rings is 1. The van der Waals surface area contributed by atoms with Crippen molar-refractivity contribution < 1.29 is 0 Å². The summed E-state index contributed by atoms with van der Waals surface area (Å²) in [6, 6.07) is 8.21. The van der Waals surface area contributed by atoms with E-state index in [1.807, 2.05) is 18.3 Å². The summed E-state index contributed by atoms with van der Waals surface area (Å²) < 4.78 is 2.30. The van der Waals surface area contributed by atoms with Crippen molar-refractivity contribution in [2.75, 3.05) is 32.7 Å². The predicted molar refractivity (Wildman–Crippen MR) is 99.5 cm³/mol. The smallest absolute Gasteiger partial charge is 0.111 e. The summed E-state index contributed by atoms with van der Waals surface area (Å²) in [5, 5.41) is 0.809. The Hall–Kier alpha value is -1.36. The third-order valence-corrected chi connectivity index (χ3v) is 4.96. The Morgan fingerprint density at radius 2 is 1.67 bits per heavy atom. The molecule has 24 heavy (non-hydrogen) atoms. The molecule has 1 aliphatic heterocycles. The third kappa shape index (κ3) is 4.59. The van der Waals surface area contributed by atoms with Crippen molar-refractivity contribution in [1.82, 2.24) is 19.4 Å². The van der Waals surface area contributed by atoms with Crippen molar-refractivity contribution >= 4 is 11.6 Å². The van der Waals surface area contributed by atoms with E-state index in [1.165, 1.54) is 11.4 Å². The average Bonchev–Trinajstić information content (AvgIpc) is 3.05. The fourth-order valence-electron chi connectivity index (χ4n) is 3.28. The van der Waals surface area contributed by atoms with Crippen LogP contribution in [-0.2, 0) is 13.1 Å². The normalized spacial score (nSPS) is 16.8. The Bertz CT molecular complexity index is 627. The molecule has 0 amide bonds. The molecule has 4 nitrogen and oxygen atoms in total. The van der Waals surface area contributed by atoms with E-state index in [0.29, 0.717) is 5.92 Å². The van der Waals surface area contributed by atoms with Crippen molar-refractivity contribution in [3.05, 3.63) is 53.1 Å². The zero-order valence-electron chi connectivity index (χ0n) is 14.7. The van der Waals surface area contributed by atoms with Gasteiger partial charge in [0.05, 0.1) is 0 Å². The Morgan fingerprint density at radius 1 is 1.00 bits per heavy atom. The van der Waals surface area contributed by atoms with Crippen LogP contribution in [0.4, 0.5) is 0 Å². The van der Waals surface area contributed by atoms with E-state index in [2.05, 4.69) is 51.5 Å². The fraction of sp³-hybridized carbons (Fsp3) is 0.526. The van der Waals surface area contributed by atoms with Gasteiger partial charge in [-0.2, -0.15) is 0 Å². The monoisotopic (exact) mass is 346 g/mol. The second kappa shape index (κ2) is 8.15. The maximum Gasteiger partial charge on any atom is 0.111 e. The number of imidazole rings is 1. The van der Waals surface area contributed by atoms with Gasteiger partial charge in [-0.15, -0.1) is 0 Å². The first-order valence-electron chi connectivity index (χ1n) is 8.82. The molecule has 130 valence electrons. The molecule has 0 bridgehead atoms. The maximum atomic E-state index is 5.95. The van der Waals surface area contributed by atoms with Crippen LogP contribution in [0.5, 0.6) is 0 Å². The molecular weight excluding hydrogens is 320 g/mol. The van der Waals surface area contributed by atoms with Gasteiger partial charge < -0.3 is 4.57 Å². The lowest BCUT2D eigenvalue weighted by molar-refractivity contribution is 0.124. The summed E-state index contributed by atoms with van der Waals surface area (Å²) in [4.78, 5) is 9.55. The van der Waals surface area contributed by atoms with E-state index in [1.54, 1.807) is 0 Å². The minimum atomic E-state index is 0.483. The molecule has 1 fully saturated rings. The molecule has 0 atom stereocenters. The molecule has 3 rings (SSSR count). The predicted octanol–water partition coefficient (Wildman–Crippen LogP) is 3.48. The number of hydrogen-bond donors (Lipinski definition) is 0. The summed E-state index contributed by atoms with van der Waals surface area (Å²) >= 11 is 5.95. The molecule has 0 spiro atoms. The van der Waals surface area contributed by atoms with Gasteiger partial charge in [0.2, 0.25) is 0 Å². The Kier molecular flexibility index (Phi) is 5.93. The SMILES string of the molecule is CC(C)c1nccn1CCN1CCN(Cc2ccc(Cl)cc2)CC1. The van der Waals surface area contributed by atoms with Crippen LogP contribution in [-0.4, -0.2) is 52.1 Å². The summed E-state index contributed by atoms with van der Waals surface area (Å²) in [5.74, 6) is 1.67. The Morgan fingerprint density at radius 3 is 2.33 bits per heavy atom. The highest BCUT2D eigenvalue weighted by Crippen LogP contribution is 2.14. The third-order valence-electron chi connectivity index (χ3n) is 4.71. The second-order valence-corrected chi connectivity index (χ2v) is 7.31. The second-order valence-electron chi connectivity index (χ2n) is 6.88. The first-order chi connectivity index (χ1) is 11.6. The molecule has 2 heterocycles. The minimum absolute atomic E-state index is 0.483. The number of rotatable bonds is 6. The van der Waals surface area contributed by atoms with Gasteiger partial charge in [-0.3, -0.25) is 9.80 Å². The lowest BCUT2D eigenvalue weighted by Crippen LogP contribution is -2.46. The van der Waals surface area contributed by atoms with Gasteiger partial charge >= 0.3 is 0 Å². The van der Waals surface area contributed by atoms with E-state index in [9.17, 15) is 0 Å². The van der Waals surface area contributed by atoms with Gasteiger partial charge in [-0.1, -0.05) is 37.6 Å². The Labute approximate surface area is 150 Å². The van der Waals surface area contributed by atoms with Gasteiger partial charge in [0.1, 0.15) is 5.82 Å². The van der Waals surface area contributed by atoms with E-state index in [-0.39, 0.29) is 0 Å². The van der Waals surface area contributed by atoms with E-state index < -0.39 is 0 Å². The van der Waals surface area contributed by atoms with E-state index in [0.717, 1.165) is 50.8 Å². The van der Waals surface area contributed by atoms with Crippen LogP contribution in [0, 0.1) is 0 Å². The van der Waals surface area contributed by atoms with Gasteiger partial charge in [0, 0.05) is 69.1 Å². The van der Waals surface area contributed by atoms with Crippen molar-refractivity contribution in [3.8, 4) is 0 Å². The molecule has 1 aromatic carbocycles. The van der Waals surface area contributed by atoms with Crippen molar-refractivity contribution in [2.24, 2.45) is 0 Å². The number of nitrogens with zero attached hydrogens (tertiary/aromatic N) is 4. The summed E-state index contributed by atoms with van der Waals surface area (Å²) in [5.41, 5.74) is 1.34. The van der Waals surface area contributed by atoms with Crippen molar-refractivity contribution in [3.63, 3.8) is 0 Å². The minimum Gasteiger partial charge on any atom is -0.333 e. The van der Waals surface area contributed by atoms with Crippen LogP contribution < -0.4 is 0 Å². The first-order valence-corrected chi connectivity index (χ1v) is 9.20. The number of halogens is 1. The van der Waals surface area contributed by atoms with Crippen LogP contribution in [0.3, 0.4) is 0 Å². The molecule has 0 N–H and O–H groups in total. The van der Waals surface area contributed by atoms with E-state index >= 15 is 0 Å². The van der Waals surface area contributed by atoms with Crippen LogP contribution in [0.1, 0.15) is 31.2 Å². The quantitative estimate of drug-likeness (QED) is 0.800. The maximum absolute atomic E-state index is 5.95. The lowest BCUT2D eigenvalue weighted by atomic mass is 10.2. The van der Waals surface area contributed by atoms with Crippen LogP contribution in [0.2, 0.25) is 5.02 Å². The summed E-state index contributed by atoms with van der Waals surface area (Å²) in [6.45, 7) is 12.1. The van der Waals surface area contributed by atoms with Gasteiger partial charge in [-0.05, 0) is 17.7 Å². The highest BCUT2D eigenvalue weighted by atomic mass is 35.5. The van der Waals surface area contributed by atoms with Crippen molar-refractivity contribution in [2.45, 2.75) is 32.9 Å². The van der Waals surface area contributed by atoms with E-state index in [4.69, 9.17) is 11.6 Å². The molecular formula is C19H27ClN4. The molecule has 1 aliphatic rings. The molecule has 0 radical (unpaired) electrons. The van der Waals surface area contributed by atoms with Gasteiger partial charge in [0.15, 0.2) is 0 Å². The molecule has 0 unspecified atom stereocenters. The van der Waals surface area contributed by atoms with Gasteiger partial charge in [-0.25, -0.2) is 4.98 Å².